The van der Waals surface area contributed by atoms with E-state index in [2.05, 4.69) is 4.90 Å². The molecule has 0 radical (unpaired) electrons. The minimum atomic E-state index is -0.723. The molecule has 1 aromatic rings. The number of nitrogens with zero attached hydrogens (tertiary/aromatic N) is 2. The number of amides is 1. The summed E-state index contributed by atoms with van der Waals surface area (Å²) in [6.45, 7) is 16.8. The summed E-state index contributed by atoms with van der Waals surface area (Å²) >= 11 is 0. The summed E-state index contributed by atoms with van der Waals surface area (Å²) in [4.78, 5) is 16.2. The van der Waals surface area contributed by atoms with Crippen molar-refractivity contribution in [2.24, 2.45) is 0 Å². The minimum Gasteiger partial charge on any atom is -0.444 e. The molecule has 30 heavy (non-hydrogen) atoms. The first-order chi connectivity index (χ1) is 13.8. The van der Waals surface area contributed by atoms with Gasteiger partial charge in [-0.15, -0.1) is 0 Å². The summed E-state index contributed by atoms with van der Waals surface area (Å²) in [6, 6.07) is 5.11. The number of carbonyl (C=O) groups is 1. The number of ether oxygens (including phenoxy) is 1. The summed E-state index contributed by atoms with van der Waals surface area (Å²) in [5.41, 5.74) is -0.104. The number of carbonyl (C=O) groups excluding carboxylic acids is 1. The van der Waals surface area contributed by atoms with Gasteiger partial charge in [0.15, 0.2) is 0 Å². The Morgan fingerprint density at radius 1 is 1.10 bits per heavy atom. The Kier molecular flexibility index (Phi) is 6.24. The number of halogens is 1. The highest BCUT2D eigenvalue weighted by Gasteiger charge is 2.52. The fourth-order valence-corrected chi connectivity index (χ4v) is 3.52. The Balaban J connectivity index is 1.61. The first-order valence-electron chi connectivity index (χ1n) is 10.6. The zero-order valence-corrected chi connectivity index (χ0v) is 19.3. The average molecular weight is 420 g/mol. The van der Waals surface area contributed by atoms with E-state index >= 15 is 0 Å². The molecule has 2 aliphatic rings. The number of hydrogen-bond donors (Lipinski definition) is 0. The Bertz CT molecular complexity index is 770. The third-order valence-corrected chi connectivity index (χ3v) is 6.00. The molecule has 2 saturated heterocycles. The monoisotopic (exact) mass is 420 g/mol. The van der Waals surface area contributed by atoms with Gasteiger partial charge in [0.05, 0.1) is 11.2 Å². The lowest BCUT2D eigenvalue weighted by Crippen LogP contribution is -2.49. The van der Waals surface area contributed by atoms with Gasteiger partial charge in [-0.25, -0.2) is 9.18 Å². The number of piperazine rings is 1. The molecule has 0 saturated carbocycles. The number of rotatable bonds is 3. The van der Waals surface area contributed by atoms with E-state index in [1.54, 1.807) is 11.0 Å². The molecule has 2 fully saturated rings. The predicted molar refractivity (Wildman–Crippen MR) is 115 cm³/mol. The van der Waals surface area contributed by atoms with Gasteiger partial charge in [0.2, 0.25) is 0 Å². The molecule has 1 aromatic carbocycles. The molecule has 0 atom stereocenters. The van der Waals surface area contributed by atoms with E-state index in [0.29, 0.717) is 25.1 Å². The van der Waals surface area contributed by atoms with Gasteiger partial charge in [0.1, 0.15) is 11.4 Å². The Morgan fingerprint density at radius 3 is 2.20 bits per heavy atom. The van der Waals surface area contributed by atoms with Crippen LogP contribution in [0.4, 0.5) is 9.18 Å². The second-order valence-corrected chi connectivity index (χ2v) is 10.2. The minimum absolute atomic E-state index is 0.271. The van der Waals surface area contributed by atoms with Crippen LogP contribution in [0.5, 0.6) is 0 Å². The highest BCUT2D eigenvalue weighted by molar-refractivity contribution is 6.62. The second-order valence-electron chi connectivity index (χ2n) is 10.2. The number of hydrogen-bond acceptors (Lipinski definition) is 5. The van der Waals surface area contributed by atoms with Gasteiger partial charge in [0, 0.05) is 38.2 Å². The van der Waals surface area contributed by atoms with Gasteiger partial charge in [0.25, 0.3) is 0 Å². The van der Waals surface area contributed by atoms with E-state index in [4.69, 9.17) is 14.0 Å². The van der Waals surface area contributed by atoms with Crippen molar-refractivity contribution in [2.75, 3.05) is 26.2 Å². The molecule has 0 aliphatic carbocycles. The van der Waals surface area contributed by atoms with Crippen LogP contribution in [0.3, 0.4) is 0 Å². The molecule has 166 valence electrons. The second kappa shape index (κ2) is 8.13. The van der Waals surface area contributed by atoms with Crippen molar-refractivity contribution in [2.45, 2.75) is 71.8 Å². The first kappa shape index (κ1) is 23.0. The smallest absolute Gasteiger partial charge is 0.444 e. The van der Waals surface area contributed by atoms with Crippen molar-refractivity contribution in [1.82, 2.24) is 9.80 Å². The maximum Gasteiger partial charge on any atom is 0.497 e. The largest absolute Gasteiger partial charge is 0.497 e. The van der Waals surface area contributed by atoms with Crippen molar-refractivity contribution in [3.63, 3.8) is 0 Å². The maximum absolute atomic E-state index is 14.5. The van der Waals surface area contributed by atoms with Gasteiger partial charge in [-0.3, -0.25) is 4.90 Å². The van der Waals surface area contributed by atoms with Crippen molar-refractivity contribution in [3.8, 4) is 0 Å². The number of benzene rings is 1. The zero-order valence-electron chi connectivity index (χ0n) is 19.3. The van der Waals surface area contributed by atoms with Crippen LogP contribution in [0.2, 0.25) is 0 Å². The third kappa shape index (κ3) is 5.15. The normalized spacial score (nSPS) is 21.7. The van der Waals surface area contributed by atoms with Crippen LogP contribution in [0.25, 0.3) is 0 Å². The van der Waals surface area contributed by atoms with E-state index < -0.39 is 23.9 Å². The highest BCUT2D eigenvalue weighted by Crippen LogP contribution is 2.36. The quantitative estimate of drug-likeness (QED) is 0.704. The molecular formula is C22H34BFN2O4. The maximum atomic E-state index is 14.5. The van der Waals surface area contributed by atoms with Crippen molar-refractivity contribution in [3.05, 3.63) is 29.6 Å². The lowest BCUT2D eigenvalue weighted by atomic mass is 9.78. The summed E-state index contributed by atoms with van der Waals surface area (Å²) in [7, 11) is -0.723. The van der Waals surface area contributed by atoms with Crippen LogP contribution in [-0.4, -0.2) is 66.0 Å². The van der Waals surface area contributed by atoms with Gasteiger partial charge in [-0.05, 0) is 60.1 Å². The van der Waals surface area contributed by atoms with Crippen LogP contribution in [0.15, 0.2) is 18.2 Å². The first-order valence-corrected chi connectivity index (χ1v) is 10.6. The Hall–Kier alpha value is -1.64. The van der Waals surface area contributed by atoms with Crippen LogP contribution in [0, 0.1) is 5.82 Å². The van der Waals surface area contributed by atoms with E-state index in [1.165, 1.54) is 6.07 Å². The van der Waals surface area contributed by atoms with Crippen molar-refractivity contribution >= 4 is 18.7 Å². The van der Waals surface area contributed by atoms with Crippen molar-refractivity contribution < 1.29 is 23.2 Å². The van der Waals surface area contributed by atoms with Gasteiger partial charge < -0.3 is 18.9 Å². The lowest BCUT2D eigenvalue weighted by Gasteiger charge is -2.35. The third-order valence-electron chi connectivity index (χ3n) is 6.00. The summed E-state index contributed by atoms with van der Waals surface area (Å²) in [6.07, 6.45) is -0.271. The van der Waals surface area contributed by atoms with Crippen LogP contribution in [0.1, 0.15) is 54.0 Å². The predicted octanol–water partition coefficient (Wildman–Crippen LogP) is 3.18. The molecular weight excluding hydrogens is 386 g/mol. The zero-order chi connectivity index (χ0) is 22.3. The van der Waals surface area contributed by atoms with Crippen LogP contribution in [-0.2, 0) is 20.6 Å². The van der Waals surface area contributed by atoms with E-state index in [9.17, 15) is 9.18 Å². The fraction of sp³-hybridized carbons (Fsp3) is 0.682. The standard InChI is InChI=1S/C22H34BFN2O4/c1-20(2,3)28-19(27)26-12-10-25(11-13-26)15-16-8-9-18(24)17(14-16)23-29-21(4,5)22(6,7)30-23/h8-9,14H,10-13,15H2,1-7H3. The van der Waals surface area contributed by atoms with Crippen LogP contribution >= 0.6 is 0 Å². The Morgan fingerprint density at radius 2 is 1.67 bits per heavy atom. The van der Waals surface area contributed by atoms with Gasteiger partial charge >= 0.3 is 13.2 Å². The molecule has 0 N–H and O–H groups in total. The molecule has 6 nitrogen and oxygen atoms in total. The Labute approximate surface area is 179 Å². The van der Waals surface area contributed by atoms with Gasteiger partial charge in [-0.2, -0.15) is 0 Å². The molecule has 2 aliphatic heterocycles. The summed E-state index contributed by atoms with van der Waals surface area (Å²) in [5.74, 6) is -0.327. The molecule has 2 heterocycles. The molecule has 1 amide bonds. The van der Waals surface area contributed by atoms with Gasteiger partial charge in [-0.1, -0.05) is 12.1 Å². The van der Waals surface area contributed by atoms with E-state index in [0.717, 1.165) is 18.7 Å². The van der Waals surface area contributed by atoms with Crippen molar-refractivity contribution in [1.29, 1.82) is 0 Å². The average Bonchev–Trinajstić information content (AvgIpc) is 2.83. The lowest BCUT2D eigenvalue weighted by molar-refractivity contribution is 0.00578. The summed E-state index contributed by atoms with van der Waals surface area (Å²) < 4.78 is 32.0. The molecule has 3 rings (SSSR count). The van der Waals surface area contributed by atoms with E-state index in [1.807, 2.05) is 54.5 Å². The topological polar surface area (TPSA) is 51.2 Å². The van der Waals surface area contributed by atoms with E-state index in [-0.39, 0.29) is 11.9 Å². The summed E-state index contributed by atoms with van der Waals surface area (Å²) in [5, 5.41) is 0. The molecule has 0 spiro atoms. The molecule has 0 aromatic heterocycles. The molecule has 0 bridgehead atoms. The SMILES string of the molecule is CC(C)(C)OC(=O)N1CCN(Cc2ccc(F)c(B3OC(C)(C)C(C)(C)O3)c2)CC1. The molecule has 0 unspecified atom stereocenters. The highest BCUT2D eigenvalue weighted by atomic mass is 19.1. The van der Waals surface area contributed by atoms with Crippen LogP contribution < -0.4 is 5.46 Å². The molecule has 8 heteroatoms. The fourth-order valence-electron chi connectivity index (χ4n) is 3.52.